The van der Waals surface area contributed by atoms with E-state index in [1.54, 1.807) is 24.3 Å². The van der Waals surface area contributed by atoms with Crippen molar-refractivity contribution in [2.45, 2.75) is 12.5 Å². The molecule has 0 fully saturated rings. The van der Waals surface area contributed by atoms with E-state index in [1.807, 2.05) is 54.6 Å². The fourth-order valence-electron chi connectivity index (χ4n) is 3.40. The smallest absolute Gasteiger partial charge is 0.261 e. The predicted octanol–water partition coefficient (Wildman–Crippen LogP) is 4.74. The first-order chi connectivity index (χ1) is 13.6. The van der Waals surface area contributed by atoms with Crippen LogP contribution in [-0.2, 0) is 6.42 Å². The lowest BCUT2D eigenvalue weighted by Gasteiger charge is -2.26. The number of hydrogen-bond acceptors (Lipinski definition) is 3. The molecule has 0 radical (unpaired) electrons. The van der Waals surface area contributed by atoms with Crippen LogP contribution in [0.25, 0.3) is 0 Å². The van der Waals surface area contributed by atoms with Crippen LogP contribution in [0.2, 0.25) is 0 Å². The Morgan fingerprint density at radius 3 is 2.00 bits per heavy atom. The number of halogens is 1. The summed E-state index contributed by atoms with van der Waals surface area (Å²) in [5, 5.41) is 0. The van der Waals surface area contributed by atoms with Crippen LogP contribution >= 0.6 is 15.9 Å². The molecule has 5 heteroatoms. The Kier molecular flexibility index (Phi) is 5.26. The van der Waals surface area contributed by atoms with Crippen LogP contribution in [-0.4, -0.2) is 29.4 Å². The van der Waals surface area contributed by atoms with Crippen molar-refractivity contribution in [1.29, 1.82) is 0 Å². The molecule has 2 amide bonds. The molecule has 0 bridgehead atoms. The first-order valence-electron chi connectivity index (χ1n) is 9.03. The summed E-state index contributed by atoms with van der Waals surface area (Å²) in [6, 6.07) is 23.9. The van der Waals surface area contributed by atoms with E-state index in [-0.39, 0.29) is 18.4 Å². The zero-order chi connectivity index (χ0) is 19.5. The monoisotopic (exact) mass is 435 g/mol. The van der Waals surface area contributed by atoms with Crippen molar-refractivity contribution in [2.75, 3.05) is 6.61 Å². The number of ether oxygens (including phenoxy) is 1. The third kappa shape index (κ3) is 3.58. The minimum Gasteiger partial charge on any atom is -0.490 e. The lowest BCUT2D eigenvalue weighted by atomic mass is 10.1. The Labute approximate surface area is 171 Å². The first-order valence-corrected chi connectivity index (χ1v) is 9.82. The lowest BCUT2D eigenvalue weighted by molar-refractivity contribution is 0.0531. The van der Waals surface area contributed by atoms with E-state index in [2.05, 4.69) is 15.9 Å². The number of imide groups is 1. The van der Waals surface area contributed by atoms with Crippen molar-refractivity contribution < 1.29 is 14.3 Å². The van der Waals surface area contributed by atoms with Crippen LogP contribution in [0, 0.1) is 0 Å². The van der Waals surface area contributed by atoms with Crippen molar-refractivity contribution in [3.63, 3.8) is 0 Å². The molecule has 1 heterocycles. The molecular formula is C23H18BrNO3. The molecule has 4 rings (SSSR count). The Morgan fingerprint density at radius 1 is 0.786 bits per heavy atom. The van der Waals surface area contributed by atoms with Crippen LogP contribution in [0.5, 0.6) is 5.75 Å². The molecule has 1 atom stereocenters. The van der Waals surface area contributed by atoms with Gasteiger partial charge in [0.15, 0.2) is 0 Å². The third-order valence-electron chi connectivity index (χ3n) is 4.77. The van der Waals surface area contributed by atoms with E-state index >= 15 is 0 Å². The van der Waals surface area contributed by atoms with Gasteiger partial charge in [-0.3, -0.25) is 14.5 Å². The van der Waals surface area contributed by atoms with E-state index in [1.165, 1.54) is 4.90 Å². The zero-order valence-corrected chi connectivity index (χ0v) is 16.6. The maximum atomic E-state index is 13.0. The van der Waals surface area contributed by atoms with E-state index in [0.29, 0.717) is 23.3 Å². The molecule has 3 aromatic carbocycles. The van der Waals surface area contributed by atoms with Gasteiger partial charge in [-0.25, -0.2) is 0 Å². The zero-order valence-electron chi connectivity index (χ0n) is 15.0. The Hall–Kier alpha value is -2.92. The summed E-state index contributed by atoms with van der Waals surface area (Å²) < 4.78 is 6.82. The van der Waals surface area contributed by atoms with Gasteiger partial charge in [0.25, 0.3) is 11.8 Å². The van der Waals surface area contributed by atoms with Crippen LogP contribution in [0.3, 0.4) is 0 Å². The van der Waals surface area contributed by atoms with Gasteiger partial charge in [-0.05, 0) is 52.2 Å². The van der Waals surface area contributed by atoms with Crippen molar-refractivity contribution in [2.24, 2.45) is 0 Å². The van der Waals surface area contributed by atoms with Crippen molar-refractivity contribution in [1.82, 2.24) is 4.90 Å². The number of amides is 2. The molecular weight excluding hydrogens is 418 g/mol. The normalized spacial score (nSPS) is 14.1. The van der Waals surface area contributed by atoms with Gasteiger partial charge in [-0.15, -0.1) is 0 Å². The van der Waals surface area contributed by atoms with Crippen LogP contribution in [0.15, 0.2) is 83.3 Å². The van der Waals surface area contributed by atoms with Gasteiger partial charge in [-0.1, -0.05) is 54.6 Å². The van der Waals surface area contributed by atoms with Crippen LogP contribution in [0.4, 0.5) is 0 Å². The summed E-state index contributed by atoms with van der Waals surface area (Å²) in [4.78, 5) is 27.3. The lowest BCUT2D eigenvalue weighted by Crippen LogP contribution is -2.44. The van der Waals surface area contributed by atoms with E-state index in [0.717, 1.165) is 10.0 Å². The number of para-hydroxylation sites is 1. The number of rotatable bonds is 6. The van der Waals surface area contributed by atoms with E-state index in [4.69, 9.17) is 4.74 Å². The van der Waals surface area contributed by atoms with Crippen molar-refractivity contribution in [3.05, 3.63) is 100 Å². The second-order valence-electron chi connectivity index (χ2n) is 6.61. The largest absolute Gasteiger partial charge is 0.490 e. The highest BCUT2D eigenvalue weighted by molar-refractivity contribution is 9.10. The van der Waals surface area contributed by atoms with Gasteiger partial charge in [0, 0.05) is 0 Å². The quantitative estimate of drug-likeness (QED) is 0.525. The fourth-order valence-corrected chi connectivity index (χ4v) is 3.80. The summed E-state index contributed by atoms with van der Waals surface area (Å²) in [7, 11) is 0. The minimum absolute atomic E-state index is 0.211. The van der Waals surface area contributed by atoms with Gasteiger partial charge in [0.05, 0.1) is 21.6 Å². The molecule has 0 spiro atoms. The molecule has 4 nitrogen and oxygen atoms in total. The molecule has 0 aromatic heterocycles. The van der Waals surface area contributed by atoms with Gasteiger partial charge in [0.1, 0.15) is 12.4 Å². The fraction of sp³-hybridized carbons (Fsp3) is 0.130. The topological polar surface area (TPSA) is 46.6 Å². The number of hydrogen-bond donors (Lipinski definition) is 0. The summed E-state index contributed by atoms with van der Waals surface area (Å²) in [5.74, 6) is 0.145. The van der Waals surface area contributed by atoms with Gasteiger partial charge in [0.2, 0.25) is 0 Å². The summed E-state index contributed by atoms with van der Waals surface area (Å²) in [6.07, 6.45) is 0.525. The van der Waals surface area contributed by atoms with Crippen molar-refractivity contribution in [3.8, 4) is 5.75 Å². The molecule has 0 saturated carbocycles. The van der Waals surface area contributed by atoms with Gasteiger partial charge >= 0.3 is 0 Å². The molecule has 0 N–H and O–H groups in total. The summed E-state index contributed by atoms with van der Waals surface area (Å²) in [6.45, 7) is 0.211. The maximum Gasteiger partial charge on any atom is 0.261 e. The average molecular weight is 436 g/mol. The van der Waals surface area contributed by atoms with Gasteiger partial charge in [-0.2, -0.15) is 0 Å². The van der Waals surface area contributed by atoms with Crippen LogP contribution < -0.4 is 4.74 Å². The average Bonchev–Trinajstić information content (AvgIpc) is 2.98. The highest BCUT2D eigenvalue weighted by Gasteiger charge is 2.40. The second kappa shape index (κ2) is 7.98. The summed E-state index contributed by atoms with van der Waals surface area (Å²) in [5.41, 5.74) is 1.94. The second-order valence-corrected chi connectivity index (χ2v) is 7.47. The highest BCUT2D eigenvalue weighted by atomic mass is 79.9. The number of benzene rings is 3. The molecule has 140 valence electrons. The SMILES string of the molecule is O=C1c2ccccc2C(=O)N1C(COc1ccccc1Br)Cc1ccccc1. The summed E-state index contributed by atoms with van der Waals surface area (Å²) >= 11 is 3.47. The van der Waals surface area contributed by atoms with E-state index in [9.17, 15) is 9.59 Å². The number of carbonyl (C=O) groups is 2. The van der Waals surface area contributed by atoms with E-state index < -0.39 is 6.04 Å². The molecule has 0 saturated heterocycles. The first kappa shape index (κ1) is 18.4. The predicted molar refractivity (Wildman–Crippen MR) is 111 cm³/mol. The molecule has 1 unspecified atom stereocenters. The molecule has 1 aliphatic heterocycles. The number of fused-ring (bicyclic) bond motifs is 1. The molecule has 1 aliphatic rings. The van der Waals surface area contributed by atoms with Crippen LogP contribution in [0.1, 0.15) is 26.3 Å². The Morgan fingerprint density at radius 2 is 1.36 bits per heavy atom. The molecule has 3 aromatic rings. The Bertz CT molecular complexity index is 984. The standard InChI is InChI=1S/C23H18BrNO3/c24-20-12-6-7-13-21(20)28-15-17(14-16-8-2-1-3-9-16)25-22(26)18-10-4-5-11-19(18)23(25)27/h1-13,17H,14-15H2. The third-order valence-corrected chi connectivity index (χ3v) is 5.43. The van der Waals surface area contributed by atoms with Crippen molar-refractivity contribution >= 4 is 27.7 Å². The highest BCUT2D eigenvalue weighted by Crippen LogP contribution is 2.28. The number of carbonyl (C=O) groups excluding carboxylic acids is 2. The minimum atomic E-state index is -0.415. The number of nitrogens with zero attached hydrogens (tertiary/aromatic N) is 1. The Balaban J connectivity index is 1.62. The molecule has 0 aliphatic carbocycles. The maximum absolute atomic E-state index is 13.0. The van der Waals surface area contributed by atoms with Gasteiger partial charge < -0.3 is 4.74 Å². The molecule has 28 heavy (non-hydrogen) atoms.